The lowest BCUT2D eigenvalue weighted by molar-refractivity contribution is -0.145. The van der Waals surface area contributed by atoms with Crippen LogP contribution in [0.25, 0.3) is 0 Å². The van der Waals surface area contributed by atoms with Gasteiger partial charge in [0.05, 0.1) is 7.11 Å². The maximum atomic E-state index is 13.2. The summed E-state index contributed by atoms with van der Waals surface area (Å²) in [6.45, 7) is 9.55. The number of phenols is 1. The molecule has 1 aromatic rings. The third-order valence-corrected chi connectivity index (χ3v) is 5.46. The number of aliphatic imine (C=N–C) groups is 1. The molecule has 1 N–H and O–H groups in total. The van der Waals surface area contributed by atoms with Crippen LogP contribution in [0, 0.1) is 11.3 Å². The SMILES string of the molecule is C=CCOC(=O)C1C(C)=NC2=C(C(=O)CC(C)(C)C2)[C@@H]1c1ccc(O)c(OC)c1. The summed E-state index contributed by atoms with van der Waals surface area (Å²) in [4.78, 5) is 30.7. The van der Waals surface area contributed by atoms with Gasteiger partial charge in [-0.1, -0.05) is 32.6 Å². The van der Waals surface area contributed by atoms with Gasteiger partial charge in [0.2, 0.25) is 0 Å². The van der Waals surface area contributed by atoms with Crippen LogP contribution in [0.1, 0.15) is 45.1 Å². The average Bonchev–Trinajstić information content (AvgIpc) is 2.64. The molecular weight excluding hydrogens is 370 g/mol. The molecule has 6 nitrogen and oxygen atoms in total. The smallest absolute Gasteiger partial charge is 0.315 e. The highest BCUT2D eigenvalue weighted by Crippen LogP contribution is 2.48. The zero-order valence-electron chi connectivity index (χ0n) is 17.3. The molecular formula is C23H27NO5. The van der Waals surface area contributed by atoms with Crippen molar-refractivity contribution in [1.29, 1.82) is 0 Å². The van der Waals surface area contributed by atoms with Gasteiger partial charge in [0.1, 0.15) is 12.5 Å². The summed E-state index contributed by atoms with van der Waals surface area (Å²) in [6, 6.07) is 4.90. The Morgan fingerprint density at radius 3 is 2.76 bits per heavy atom. The second-order valence-electron chi connectivity index (χ2n) is 8.36. The van der Waals surface area contributed by atoms with E-state index in [0.29, 0.717) is 29.7 Å². The minimum Gasteiger partial charge on any atom is -0.504 e. The van der Waals surface area contributed by atoms with Crippen LogP contribution in [0.4, 0.5) is 0 Å². The van der Waals surface area contributed by atoms with E-state index in [-0.39, 0.29) is 29.3 Å². The number of ketones is 1. The quantitative estimate of drug-likeness (QED) is 0.601. The first-order chi connectivity index (χ1) is 13.7. The number of methoxy groups -OCH3 is 1. The Balaban J connectivity index is 2.17. The number of benzene rings is 1. The fourth-order valence-corrected chi connectivity index (χ4v) is 4.23. The second kappa shape index (κ2) is 7.85. The molecule has 0 amide bonds. The second-order valence-corrected chi connectivity index (χ2v) is 8.36. The molecule has 154 valence electrons. The normalized spacial score (nSPS) is 23.2. The Labute approximate surface area is 170 Å². The molecule has 0 bridgehead atoms. The standard InChI is InChI=1S/C23H27NO5/c1-6-9-29-22(27)19-13(2)24-15-11-23(3,4)12-17(26)21(15)20(19)14-7-8-16(25)18(10-14)28-5/h6-8,10,19-20,25H,1,9,11-12H2,2-5H3/t19?,20-/m1/s1. The van der Waals surface area contributed by atoms with Crippen LogP contribution in [-0.2, 0) is 14.3 Å². The van der Waals surface area contributed by atoms with Crippen molar-refractivity contribution in [2.45, 2.75) is 39.5 Å². The summed E-state index contributed by atoms with van der Waals surface area (Å²) in [5.74, 6) is -1.45. The Hall–Kier alpha value is -2.89. The van der Waals surface area contributed by atoms with Gasteiger partial charge in [-0.2, -0.15) is 0 Å². The summed E-state index contributed by atoms with van der Waals surface area (Å²) in [5.41, 5.74) is 2.42. The maximum absolute atomic E-state index is 13.2. The highest BCUT2D eigenvalue weighted by Gasteiger charge is 2.46. The lowest BCUT2D eigenvalue weighted by Gasteiger charge is -2.39. The van der Waals surface area contributed by atoms with Crippen LogP contribution in [-0.4, -0.2) is 36.3 Å². The molecule has 3 rings (SSSR count). The van der Waals surface area contributed by atoms with Crippen molar-refractivity contribution in [1.82, 2.24) is 0 Å². The van der Waals surface area contributed by atoms with Crippen LogP contribution in [0.3, 0.4) is 0 Å². The minimum absolute atomic E-state index is 0.00598. The Bertz CT molecular complexity index is 925. The number of carbonyl (C=O) groups excluding carboxylic acids is 2. The van der Waals surface area contributed by atoms with Crippen molar-refractivity contribution in [2.75, 3.05) is 13.7 Å². The summed E-state index contributed by atoms with van der Waals surface area (Å²) in [7, 11) is 1.46. The van der Waals surface area contributed by atoms with Crippen LogP contribution < -0.4 is 4.74 Å². The van der Waals surface area contributed by atoms with Gasteiger partial charge < -0.3 is 14.6 Å². The summed E-state index contributed by atoms with van der Waals surface area (Å²) in [5, 5.41) is 10.00. The van der Waals surface area contributed by atoms with Crippen LogP contribution in [0.2, 0.25) is 0 Å². The number of allylic oxidation sites excluding steroid dienone is 2. The zero-order valence-corrected chi connectivity index (χ0v) is 17.3. The molecule has 0 aromatic heterocycles. The molecule has 0 saturated heterocycles. The zero-order chi connectivity index (χ0) is 21.3. The maximum Gasteiger partial charge on any atom is 0.315 e. The lowest BCUT2D eigenvalue weighted by Crippen LogP contribution is -2.39. The number of nitrogens with zero attached hydrogens (tertiary/aromatic N) is 1. The Kier molecular flexibility index (Phi) is 5.64. The van der Waals surface area contributed by atoms with E-state index in [4.69, 9.17) is 9.47 Å². The van der Waals surface area contributed by atoms with Crippen molar-refractivity contribution in [3.8, 4) is 11.5 Å². The third-order valence-electron chi connectivity index (χ3n) is 5.46. The van der Waals surface area contributed by atoms with Gasteiger partial charge in [0.25, 0.3) is 0 Å². The van der Waals surface area contributed by atoms with Gasteiger partial charge in [0.15, 0.2) is 17.3 Å². The lowest BCUT2D eigenvalue weighted by atomic mass is 9.67. The predicted molar refractivity (Wildman–Crippen MR) is 110 cm³/mol. The topological polar surface area (TPSA) is 85.2 Å². The Morgan fingerprint density at radius 2 is 2.10 bits per heavy atom. The number of aromatic hydroxyl groups is 1. The summed E-state index contributed by atoms with van der Waals surface area (Å²) in [6.07, 6.45) is 2.55. The van der Waals surface area contributed by atoms with Crippen molar-refractivity contribution in [3.05, 3.63) is 47.7 Å². The monoisotopic (exact) mass is 397 g/mol. The summed E-state index contributed by atoms with van der Waals surface area (Å²) < 4.78 is 10.6. The molecule has 2 atom stereocenters. The van der Waals surface area contributed by atoms with Crippen molar-refractivity contribution in [2.24, 2.45) is 16.3 Å². The van der Waals surface area contributed by atoms with Crippen molar-refractivity contribution >= 4 is 17.5 Å². The number of Topliss-reactive ketones (excluding diaryl/α,β-unsaturated/α-hetero) is 1. The van der Waals surface area contributed by atoms with E-state index in [9.17, 15) is 14.7 Å². The van der Waals surface area contributed by atoms with E-state index < -0.39 is 17.8 Å². The minimum atomic E-state index is -0.729. The van der Waals surface area contributed by atoms with Crippen LogP contribution in [0.5, 0.6) is 11.5 Å². The molecule has 6 heteroatoms. The number of hydrogen-bond acceptors (Lipinski definition) is 6. The number of carbonyl (C=O) groups is 2. The van der Waals surface area contributed by atoms with Gasteiger partial charge >= 0.3 is 5.97 Å². The van der Waals surface area contributed by atoms with Crippen molar-refractivity contribution in [3.63, 3.8) is 0 Å². The van der Waals surface area contributed by atoms with E-state index in [1.165, 1.54) is 19.3 Å². The molecule has 0 radical (unpaired) electrons. The van der Waals surface area contributed by atoms with Crippen LogP contribution in [0.15, 0.2) is 47.1 Å². The van der Waals surface area contributed by atoms with Gasteiger partial charge in [-0.05, 0) is 36.5 Å². The molecule has 2 aliphatic rings. The molecule has 29 heavy (non-hydrogen) atoms. The first-order valence-corrected chi connectivity index (χ1v) is 9.64. The molecule has 0 saturated carbocycles. The van der Waals surface area contributed by atoms with E-state index in [1.807, 2.05) is 13.8 Å². The van der Waals surface area contributed by atoms with Crippen LogP contribution >= 0.6 is 0 Å². The fraction of sp³-hybridized carbons (Fsp3) is 0.435. The molecule has 1 unspecified atom stereocenters. The van der Waals surface area contributed by atoms with Gasteiger partial charge in [-0.25, -0.2) is 0 Å². The summed E-state index contributed by atoms with van der Waals surface area (Å²) >= 11 is 0. The van der Waals surface area contributed by atoms with E-state index >= 15 is 0 Å². The highest BCUT2D eigenvalue weighted by molar-refractivity contribution is 6.09. The molecule has 1 aromatic carbocycles. The first kappa shape index (κ1) is 20.8. The molecule has 1 heterocycles. The largest absolute Gasteiger partial charge is 0.504 e. The molecule has 0 fully saturated rings. The van der Waals surface area contributed by atoms with Crippen molar-refractivity contribution < 1.29 is 24.2 Å². The van der Waals surface area contributed by atoms with Gasteiger partial charge in [-0.3, -0.25) is 14.6 Å². The van der Waals surface area contributed by atoms with E-state index in [0.717, 1.165) is 5.70 Å². The molecule has 1 aliphatic heterocycles. The number of esters is 1. The van der Waals surface area contributed by atoms with Gasteiger partial charge in [-0.15, -0.1) is 0 Å². The average molecular weight is 397 g/mol. The number of hydrogen-bond donors (Lipinski definition) is 1. The number of rotatable bonds is 5. The fourth-order valence-electron chi connectivity index (χ4n) is 4.23. The van der Waals surface area contributed by atoms with E-state index in [2.05, 4.69) is 11.6 Å². The highest BCUT2D eigenvalue weighted by atomic mass is 16.5. The molecule has 1 aliphatic carbocycles. The third kappa shape index (κ3) is 3.97. The Morgan fingerprint density at radius 1 is 1.38 bits per heavy atom. The van der Waals surface area contributed by atoms with Gasteiger partial charge in [0, 0.05) is 29.3 Å². The number of phenolic OH excluding ortho intramolecular Hbond substituents is 1. The molecule has 0 spiro atoms. The van der Waals surface area contributed by atoms with E-state index in [1.54, 1.807) is 19.1 Å². The predicted octanol–water partition coefficient (Wildman–Crippen LogP) is 3.95. The first-order valence-electron chi connectivity index (χ1n) is 9.64. The number of ether oxygens (including phenoxy) is 2.